The quantitative estimate of drug-likeness (QED) is 0.839. The smallest absolute Gasteiger partial charge is 0.224 e. The fourth-order valence-electron chi connectivity index (χ4n) is 2.56. The summed E-state index contributed by atoms with van der Waals surface area (Å²) in [6.07, 6.45) is 1.09. The first kappa shape index (κ1) is 12.7. The number of hydrogen-bond acceptors (Lipinski definition) is 4. The maximum absolute atomic E-state index is 12.0. The Bertz CT molecular complexity index is 699. The van der Waals surface area contributed by atoms with Crippen molar-refractivity contribution in [3.8, 4) is 6.07 Å². The number of nitriles is 1. The minimum Gasteiger partial charge on any atom is -0.441 e. The summed E-state index contributed by atoms with van der Waals surface area (Å²) in [5, 5.41) is 8.87. The fraction of sp³-hybridized carbons (Fsp3) is 0.400. The van der Waals surface area contributed by atoms with Gasteiger partial charge in [-0.25, -0.2) is 4.98 Å². The summed E-state index contributed by atoms with van der Waals surface area (Å²) in [6, 6.07) is 7.98. The van der Waals surface area contributed by atoms with Crippen LogP contribution in [0.3, 0.4) is 0 Å². The van der Waals surface area contributed by atoms with Gasteiger partial charge in [0.05, 0.1) is 12.0 Å². The SMILES string of the molecule is Cc1nc2ccc(CN3CCC(C#N)CC3=O)cc2o1. The first-order chi connectivity index (χ1) is 9.65. The van der Waals surface area contributed by atoms with E-state index in [1.807, 2.05) is 25.1 Å². The summed E-state index contributed by atoms with van der Waals surface area (Å²) >= 11 is 0. The number of nitrogens with zero attached hydrogens (tertiary/aromatic N) is 3. The number of oxazole rings is 1. The predicted molar refractivity (Wildman–Crippen MR) is 72.5 cm³/mol. The van der Waals surface area contributed by atoms with Gasteiger partial charge in [0.15, 0.2) is 11.5 Å². The predicted octanol–water partition coefficient (Wildman–Crippen LogP) is 2.40. The highest BCUT2D eigenvalue weighted by Crippen LogP contribution is 2.22. The Kier molecular flexibility index (Phi) is 3.15. The van der Waals surface area contributed by atoms with E-state index in [1.165, 1.54) is 0 Å². The van der Waals surface area contributed by atoms with Gasteiger partial charge >= 0.3 is 0 Å². The van der Waals surface area contributed by atoms with E-state index in [0.717, 1.165) is 23.1 Å². The van der Waals surface area contributed by atoms with Gasteiger partial charge in [0.2, 0.25) is 5.91 Å². The summed E-state index contributed by atoms with van der Waals surface area (Å²) < 4.78 is 5.50. The van der Waals surface area contributed by atoms with Crippen molar-refractivity contribution in [1.82, 2.24) is 9.88 Å². The second-order valence-corrected chi connectivity index (χ2v) is 5.17. The molecule has 0 radical (unpaired) electrons. The van der Waals surface area contributed by atoms with Crippen LogP contribution >= 0.6 is 0 Å². The van der Waals surface area contributed by atoms with Gasteiger partial charge in [-0.3, -0.25) is 4.79 Å². The Morgan fingerprint density at radius 2 is 2.40 bits per heavy atom. The molecule has 1 aliphatic rings. The Morgan fingerprint density at radius 3 is 3.15 bits per heavy atom. The van der Waals surface area contributed by atoms with Gasteiger partial charge < -0.3 is 9.32 Å². The molecule has 0 bridgehead atoms. The molecular formula is C15H15N3O2. The molecule has 1 aliphatic heterocycles. The zero-order valence-electron chi connectivity index (χ0n) is 11.3. The molecular weight excluding hydrogens is 254 g/mol. The Balaban J connectivity index is 1.76. The van der Waals surface area contributed by atoms with E-state index < -0.39 is 0 Å². The molecule has 102 valence electrons. The van der Waals surface area contributed by atoms with Gasteiger partial charge in [0, 0.05) is 26.4 Å². The number of carbonyl (C=O) groups excluding carboxylic acids is 1. The van der Waals surface area contributed by atoms with Crippen LogP contribution in [-0.4, -0.2) is 22.3 Å². The highest BCUT2D eigenvalue weighted by atomic mass is 16.3. The molecule has 1 amide bonds. The molecule has 2 aromatic rings. The molecule has 0 aliphatic carbocycles. The van der Waals surface area contributed by atoms with Crippen LogP contribution in [-0.2, 0) is 11.3 Å². The molecule has 0 N–H and O–H groups in total. The molecule has 1 aromatic carbocycles. The third-order valence-corrected chi connectivity index (χ3v) is 3.64. The number of piperidine rings is 1. The molecule has 0 spiro atoms. The van der Waals surface area contributed by atoms with Crippen LogP contribution in [0, 0.1) is 24.2 Å². The van der Waals surface area contributed by atoms with Crippen LogP contribution in [0.25, 0.3) is 11.1 Å². The van der Waals surface area contributed by atoms with Crippen LogP contribution in [0.1, 0.15) is 24.3 Å². The number of carbonyl (C=O) groups is 1. The largest absolute Gasteiger partial charge is 0.441 e. The fourth-order valence-corrected chi connectivity index (χ4v) is 2.56. The van der Waals surface area contributed by atoms with Crippen molar-refractivity contribution in [2.45, 2.75) is 26.3 Å². The lowest BCUT2D eigenvalue weighted by Crippen LogP contribution is -2.37. The van der Waals surface area contributed by atoms with Crippen LogP contribution < -0.4 is 0 Å². The third kappa shape index (κ3) is 2.37. The monoisotopic (exact) mass is 269 g/mol. The lowest BCUT2D eigenvalue weighted by Gasteiger charge is -2.29. The molecule has 1 atom stereocenters. The van der Waals surface area contributed by atoms with Crippen molar-refractivity contribution in [1.29, 1.82) is 5.26 Å². The van der Waals surface area contributed by atoms with E-state index in [1.54, 1.807) is 4.90 Å². The second-order valence-electron chi connectivity index (χ2n) is 5.17. The van der Waals surface area contributed by atoms with Crippen LogP contribution in [0.5, 0.6) is 0 Å². The normalized spacial score (nSPS) is 19.3. The number of rotatable bonds is 2. The van der Waals surface area contributed by atoms with E-state index in [9.17, 15) is 4.79 Å². The van der Waals surface area contributed by atoms with Gasteiger partial charge in [-0.05, 0) is 24.1 Å². The molecule has 0 saturated carbocycles. The topological polar surface area (TPSA) is 70.1 Å². The molecule has 1 aromatic heterocycles. The number of benzene rings is 1. The first-order valence-electron chi connectivity index (χ1n) is 6.69. The van der Waals surface area contributed by atoms with Crippen LogP contribution in [0.15, 0.2) is 22.6 Å². The number of aromatic nitrogens is 1. The summed E-state index contributed by atoms with van der Waals surface area (Å²) in [5.74, 6) is 0.567. The molecule has 5 heteroatoms. The molecule has 1 unspecified atom stereocenters. The van der Waals surface area contributed by atoms with Crippen molar-refractivity contribution in [3.05, 3.63) is 29.7 Å². The summed E-state index contributed by atoms with van der Waals surface area (Å²) in [6.45, 7) is 3.02. The van der Waals surface area contributed by atoms with E-state index in [0.29, 0.717) is 25.4 Å². The van der Waals surface area contributed by atoms with Gasteiger partial charge in [-0.1, -0.05) is 6.07 Å². The minimum absolute atomic E-state index is 0.0525. The average Bonchev–Trinajstić information content (AvgIpc) is 2.80. The van der Waals surface area contributed by atoms with Gasteiger partial charge in [0.1, 0.15) is 5.52 Å². The lowest BCUT2D eigenvalue weighted by molar-refractivity contribution is -0.134. The highest BCUT2D eigenvalue weighted by molar-refractivity contribution is 5.78. The number of amides is 1. The summed E-state index contributed by atoms with van der Waals surface area (Å²) in [5.41, 5.74) is 2.61. The Labute approximate surface area is 116 Å². The van der Waals surface area contributed by atoms with Crippen molar-refractivity contribution in [3.63, 3.8) is 0 Å². The van der Waals surface area contributed by atoms with E-state index in [-0.39, 0.29) is 11.8 Å². The Morgan fingerprint density at radius 1 is 1.55 bits per heavy atom. The van der Waals surface area contributed by atoms with Crippen LogP contribution in [0.2, 0.25) is 0 Å². The second kappa shape index (κ2) is 4.97. The standard InChI is InChI=1S/C15H15N3O2/c1-10-17-13-3-2-12(6-14(13)20-10)9-18-5-4-11(8-16)7-15(18)19/h2-3,6,11H,4-5,7,9H2,1H3. The van der Waals surface area contributed by atoms with Crippen molar-refractivity contribution in [2.24, 2.45) is 5.92 Å². The number of fused-ring (bicyclic) bond motifs is 1. The van der Waals surface area contributed by atoms with Crippen molar-refractivity contribution in [2.75, 3.05) is 6.54 Å². The number of likely N-dealkylation sites (tertiary alicyclic amines) is 1. The Hall–Kier alpha value is -2.35. The molecule has 2 heterocycles. The zero-order valence-corrected chi connectivity index (χ0v) is 11.3. The maximum Gasteiger partial charge on any atom is 0.224 e. The lowest BCUT2D eigenvalue weighted by atomic mass is 9.97. The minimum atomic E-state index is -0.127. The molecule has 5 nitrogen and oxygen atoms in total. The summed E-state index contributed by atoms with van der Waals surface area (Å²) in [7, 11) is 0. The van der Waals surface area contributed by atoms with Gasteiger partial charge in [0.25, 0.3) is 0 Å². The summed E-state index contributed by atoms with van der Waals surface area (Å²) in [4.78, 5) is 18.0. The highest BCUT2D eigenvalue weighted by Gasteiger charge is 2.25. The van der Waals surface area contributed by atoms with E-state index in [2.05, 4.69) is 11.1 Å². The molecule has 1 fully saturated rings. The molecule has 1 saturated heterocycles. The van der Waals surface area contributed by atoms with Gasteiger partial charge in [-0.2, -0.15) is 5.26 Å². The number of aryl methyl sites for hydroxylation is 1. The van der Waals surface area contributed by atoms with E-state index >= 15 is 0 Å². The zero-order chi connectivity index (χ0) is 14.1. The molecule has 20 heavy (non-hydrogen) atoms. The molecule has 3 rings (SSSR count). The van der Waals surface area contributed by atoms with Crippen molar-refractivity contribution >= 4 is 17.0 Å². The maximum atomic E-state index is 12.0. The van der Waals surface area contributed by atoms with Gasteiger partial charge in [-0.15, -0.1) is 0 Å². The van der Waals surface area contributed by atoms with E-state index in [4.69, 9.17) is 9.68 Å². The van der Waals surface area contributed by atoms with Crippen LogP contribution in [0.4, 0.5) is 0 Å². The first-order valence-corrected chi connectivity index (χ1v) is 6.69. The number of hydrogen-bond donors (Lipinski definition) is 0. The average molecular weight is 269 g/mol. The third-order valence-electron chi connectivity index (χ3n) is 3.64. The van der Waals surface area contributed by atoms with Crippen molar-refractivity contribution < 1.29 is 9.21 Å².